The normalized spacial score (nSPS) is 11.1. The zero-order valence-electron chi connectivity index (χ0n) is 13.5. The highest BCUT2D eigenvalue weighted by Gasteiger charge is 2.26. The van der Waals surface area contributed by atoms with Crippen molar-refractivity contribution in [2.45, 2.75) is 10.7 Å². The highest BCUT2D eigenvalue weighted by atomic mass is 32.2. The largest absolute Gasteiger partial charge is 0.481 e. The van der Waals surface area contributed by atoms with Crippen LogP contribution < -0.4 is 15.6 Å². The molecule has 2 amide bonds. The van der Waals surface area contributed by atoms with Crippen LogP contribution in [0.5, 0.6) is 5.75 Å². The van der Waals surface area contributed by atoms with E-state index in [1.165, 1.54) is 18.2 Å². The van der Waals surface area contributed by atoms with Gasteiger partial charge in [-0.1, -0.05) is 12.1 Å². The van der Waals surface area contributed by atoms with Crippen LogP contribution in [0, 0.1) is 5.82 Å². The lowest BCUT2D eigenvalue weighted by atomic mass is 10.2. The maximum absolute atomic E-state index is 13.3. The number of para-hydroxylation sites is 1. The van der Waals surface area contributed by atoms with E-state index in [9.17, 15) is 31.2 Å². The van der Waals surface area contributed by atoms with Gasteiger partial charge in [-0.05, 0) is 36.4 Å². The number of hydrogen-bond donors (Lipinski definition) is 2. The van der Waals surface area contributed by atoms with Crippen LogP contribution in [0.1, 0.15) is 10.4 Å². The van der Waals surface area contributed by atoms with Crippen LogP contribution >= 0.6 is 0 Å². The van der Waals surface area contributed by atoms with Crippen molar-refractivity contribution in [1.82, 2.24) is 10.9 Å². The zero-order chi connectivity index (χ0) is 20.0. The summed E-state index contributed by atoms with van der Waals surface area (Å²) < 4.78 is 65.7. The highest BCUT2D eigenvalue weighted by molar-refractivity contribution is 7.91. The molecule has 27 heavy (non-hydrogen) atoms. The minimum atomic E-state index is -4.76. The Kier molecular flexibility index (Phi) is 6.40. The van der Waals surface area contributed by atoms with Gasteiger partial charge in [-0.3, -0.25) is 20.4 Å². The summed E-state index contributed by atoms with van der Waals surface area (Å²) in [5, 5.41) is 0. The summed E-state index contributed by atoms with van der Waals surface area (Å²) >= 11 is 0. The third-order valence-electron chi connectivity index (χ3n) is 3.19. The lowest BCUT2D eigenvalue weighted by Crippen LogP contribution is -2.43. The zero-order valence-corrected chi connectivity index (χ0v) is 14.3. The second kappa shape index (κ2) is 8.54. The average molecular weight is 402 g/mol. The van der Waals surface area contributed by atoms with Crippen LogP contribution in [0.25, 0.3) is 0 Å². The van der Waals surface area contributed by atoms with Crippen molar-refractivity contribution in [3.63, 3.8) is 0 Å². The maximum Gasteiger partial charge on any atom is 0.341 e. The highest BCUT2D eigenvalue weighted by Crippen LogP contribution is 2.18. The predicted octanol–water partition coefficient (Wildman–Crippen LogP) is 1.66. The fourth-order valence-corrected chi connectivity index (χ4v) is 2.56. The standard InChI is InChI=1S/C16H13F3N2O5S/c17-12-3-1-2-4-13(12)26-9-14(22)20-21-15(23)10-5-7-11(8-6-10)27(24,25)16(18)19/h1-8,16H,9H2,(H,20,22)(H,21,23). The number of carbonyl (C=O) groups excluding carboxylic acids is 2. The minimum absolute atomic E-state index is 0.0847. The van der Waals surface area contributed by atoms with E-state index in [0.29, 0.717) is 0 Å². The first-order chi connectivity index (χ1) is 12.7. The summed E-state index contributed by atoms with van der Waals surface area (Å²) in [6, 6.07) is 9.12. The molecule has 2 N–H and O–H groups in total. The Labute approximate surface area is 152 Å². The molecule has 2 rings (SSSR count). The quantitative estimate of drug-likeness (QED) is 0.716. The van der Waals surface area contributed by atoms with Crippen LogP contribution in [0.2, 0.25) is 0 Å². The van der Waals surface area contributed by atoms with Crippen LogP contribution in [-0.2, 0) is 14.6 Å². The number of hydrazine groups is 1. The third kappa shape index (κ3) is 5.20. The molecule has 7 nitrogen and oxygen atoms in total. The van der Waals surface area contributed by atoms with E-state index in [2.05, 4.69) is 0 Å². The molecule has 2 aromatic carbocycles. The first kappa shape index (κ1) is 20.2. The second-order valence-electron chi connectivity index (χ2n) is 5.05. The summed E-state index contributed by atoms with van der Waals surface area (Å²) in [7, 11) is -4.76. The van der Waals surface area contributed by atoms with Crippen molar-refractivity contribution in [3.05, 3.63) is 59.9 Å². The van der Waals surface area contributed by atoms with E-state index in [1.807, 2.05) is 10.9 Å². The summed E-state index contributed by atoms with van der Waals surface area (Å²) in [5.41, 5.74) is 3.95. The van der Waals surface area contributed by atoms with E-state index in [0.717, 1.165) is 30.3 Å². The Morgan fingerprint density at radius 3 is 2.22 bits per heavy atom. The molecule has 0 spiro atoms. The van der Waals surface area contributed by atoms with Gasteiger partial charge in [-0.25, -0.2) is 12.8 Å². The molecular formula is C16H13F3N2O5S. The van der Waals surface area contributed by atoms with Gasteiger partial charge in [-0.15, -0.1) is 0 Å². The predicted molar refractivity (Wildman–Crippen MR) is 87.1 cm³/mol. The summed E-state index contributed by atoms with van der Waals surface area (Å²) in [6.45, 7) is -0.577. The number of halogens is 3. The Hall–Kier alpha value is -3.08. The fraction of sp³-hybridized carbons (Fsp3) is 0.125. The minimum Gasteiger partial charge on any atom is -0.481 e. The first-order valence-electron chi connectivity index (χ1n) is 7.30. The number of rotatable bonds is 6. The van der Waals surface area contributed by atoms with Crippen LogP contribution in [-0.4, -0.2) is 32.6 Å². The molecule has 144 valence electrons. The van der Waals surface area contributed by atoms with Crippen molar-refractivity contribution in [2.75, 3.05) is 6.61 Å². The molecule has 0 saturated heterocycles. The summed E-state index contributed by atoms with van der Waals surface area (Å²) in [6.07, 6.45) is 0. The molecule has 0 aliphatic rings. The fourth-order valence-electron chi connectivity index (χ4n) is 1.84. The molecule has 0 heterocycles. The summed E-state index contributed by atoms with van der Waals surface area (Å²) in [4.78, 5) is 22.8. The van der Waals surface area contributed by atoms with E-state index in [4.69, 9.17) is 4.74 Å². The van der Waals surface area contributed by atoms with Gasteiger partial charge in [0.25, 0.3) is 11.8 Å². The second-order valence-corrected chi connectivity index (χ2v) is 6.97. The van der Waals surface area contributed by atoms with E-state index >= 15 is 0 Å². The van der Waals surface area contributed by atoms with Crippen molar-refractivity contribution in [1.29, 1.82) is 0 Å². The lowest BCUT2D eigenvalue weighted by Gasteiger charge is -2.09. The smallest absolute Gasteiger partial charge is 0.341 e. The Balaban J connectivity index is 1.88. The molecule has 0 aliphatic carbocycles. The molecule has 0 radical (unpaired) electrons. The van der Waals surface area contributed by atoms with Gasteiger partial charge >= 0.3 is 5.76 Å². The molecule has 0 aromatic heterocycles. The van der Waals surface area contributed by atoms with E-state index in [1.54, 1.807) is 0 Å². The number of sulfone groups is 1. The lowest BCUT2D eigenvalue weighted by molar-refractivity contribution is -0.123. The van der Waals surface area contributed by atoms with Gasteiger partial charge in [-0.2, -0.15) is 8.78 Å². The molecule has 0 fully saturated rings. The number of ether oxygens (including phenoxy) is 1. The van der Waals surface area contributed by atoms with Gasteiger partial charge in [0.15, 0.2) is 18.2 Å². The van der Waals surface area contributed by atoms with Gasteiger partial charge in [0.1, 0.15) is 0 Å². The van der Waals surface area contributed by atoms with E-state index in [-0.39, 0.29) is 11.3 Å². The molecule has 11 heteroatoms. The van der Waals surface area contributed by atoms with Gasteiger partial charge in [0, 0.05) is 5.56 Å². The monoisotopic (exact) mass is 402 g/mol. The Bertz CT molecular complexity index is 933. The van der Waals surface area contributed by atoms with Crippen molar-refractivity contribution < 1.29 is 35.9 Å². The van der Waals surface area contributed by atoms with Crippen LogP contribution in [0.15, 0.2) is 53.4 Å². The average Bonchev–Trinajstić information content (AvgIpc) is 2.65. The van der Waals surface area contributed by atoms with Crippen molar-refractivity contribution in [2.24, 2.45) is 0 Å². The number of amides is 2. The van der Waals surface area contributed by atoms with Gasteiger partial charge < -0.3 is 4.74 Å². The first-order valence-corrected chi connectivity index (χ1v) is 8.85. The van der Waals surface area contributed by atoms with Crippen LogP contribution in [0.4, 0.5) is 13.2 Å². The SMILES string of the molecule is O=C(COc1ccccc1F)NNC(=O)c1ccc(S(=O)(=O)C(F)F)cc1. The molecule has 0 unspecified atom stereocenters. The maximum atomic E-state index is 13.3. The number of hydrogen-bond acceptors (Lipinski definition) is 5. The number of benzene rings is 2. The molecule has 0 saturated carbocycles. The molecule has 0 atom stereocenters. The topological polar surface area (TPSA) is 102 Å². The van der Waals surface area contributed by atoms with Crippen molar-refractivity contribution >= 4 is 21.7 Å². The molecule has 2 aromatic rings. The third-order valence-corrected chi connectivity index (χ3v) is 4.59. The Morgan fingerprint density at radius 1 is 1.00 bits per heavy atom. The number of carbonyl (C=O) groups is 2. The number of alkyl halides is 2. The van der Waals surface area contributed by atoms with Gasteiger partial charge in [0.05, 0.1) is 4.90 Å². The summed E-state index contributed by atoms with van der Waals surface area (Å²) in [5.74, 6) is -5.99. The van der Waals surface area contributed by atoms with Crippen molar-refractivity contribution in [3.8, 4) is 5.75 Å². The Morgan fingerprint density at radius 2 is 1.63 bits per heavy atom. The number of nitrogens with one attached hydrogen (secondary N) is 2. The van der Waals surface area contributed by atoms with E-state index < -0.39 is 44.7 Å². The molecular weight excluding hydrogens is 389 g/mol. The molecule has 0 aliphatic heterocycles. The van der Waals surface area contributed by atoms with Gasteiger partial charge in [0.2, 0.25) is 9.84 Å². The van der Waals surface area contributed by atoms with Crippen LogP contribution in [0.3, 0.4) is 0 Å². The molecule has 0 bridgehead atoms.